The molecule has 2 unspecified atom stereocenters. The van der Waals surface area contributed by atoms with Crippen LogP contribution in [-0.2, 0) is 21.9 Å². The van der Waals surface area contributed by atoms with Crippen molar-refractivity contribution in [2.45, 2.75) is 36.7 Å². The molecule has 0 bridgehead atoms. The third kappa shape index (κ3) is 6.04. The van der Waals surface area contributed by atoms with Gasteiger partial charge in [-0.3, -0.25) is 14.9 Å². The average Bonchev–Trinajstić information content (AvgIpc) is 3.18. The largest absolute Gasteiger partial charge is 0.497 e. The van der Waals surface area contributed by atoms with E-state index in [1.165, 1.54) is 0 Å². The van der Waals surface area contributed by atoms with Crippen LogP contribution in [0.2, 0.25) is 0 Å². The molecule has 2 aromatic rings. The fraction of sp³-hybridized carbons (Fsp3) is 0.368. The number of hydrogen-bond donors (Lipinski definition) is 3. The lowest BCUT2D eigenvalue weighted by atomic mass is 10.1. The molecule has 27 heavy (non-hydrogen) atoms. The first-order chi connectivity index (χ1) is 13.1. The van der Waals surface area contributed by atoms with Gasteiger partial charge in [-0.1, -0.05) is 12.1 Å². The van der Waals surface area contributed by atoms with E-state index >= 15 is 0 Å². The molecule has 0 radical (unpaired) electrons. The Bertz CT molecular complexity index is 766. The highest BCUT2D eigenvalue weighted by molar-refractivity contribution is 7.99. The minimum absolute atomic E-state index is 0.0549. The van der Waals surface area contributed by atoms with Crippen LogP contribution >= 0.6 is 11.8 Å². The van der Waals surface area contributed by atoms with Crippen molar-refractivity contribution in [3.05, 3.63) is 54.0 Å². The van der Waals surface area contributed by atoms with Crippen molar-refractivity contribution in [2.75, 3.05) is 7.11 Å². The Kier molecular flexibility index (Phi) is 6.78. The maximum Gasteiger partial charge on any atom is 0.223 e. The Labute approximate surface area is 162 Å². The van der Waals surface area contributed by atoms with E-state index in [1.807, 2.05) is 24.3 Å². The lowest BCUT2D eigenvalue weighted by molar-refractivity contribution is -0.125. The molecule has 1 aliphatic heterocycles. The van der Waals surface area contributed by atoms with Crippen LogP contribution in [0.5, 0.6) is 5.75 Å². The van der Waals surface area contributed by atoms with E-state index in [0.717, 1.165) is 11.3 Å². The summed E-state index contributed by atoms with van der Waals surface area (Å²) in [5.41, 5.74) is 0.869. The molecule has 0 spiro atoms. The molecule has 1 fully saturated rings. The van der Waals surface area contributed by atoms with Gasteiger partial charge < -0.3 is 19.8 Å². The number of benzene rings is 1. The van der Waals surface area contributed by atoms with Crippen LogP contribution in [0.25, 0.3) is 0 Å². The first kappa shape index (κ1) is 19.3. The summed E-state index contributed by atoms with van der Waals surface area (Å²) in [5.74, 6) is 2.05. The quantitative estimate of drug-likeness (QED) is 0.639. The normalized spacial score (nSPS) is 19.4. The predicted octanol–water partition coefficient (Wildman–Crippen LogP) is 1.99. The molecule has 1 aromatic heterocycles. The van der Waals surface area contributed by atoms with E-state index in [-0.39, 0.29) is 36.2 Å². The number of rotatable bonds is 8. The van der Waals surface area contributed by atoms with Gasteiger partial charge in [0.25, 0.3) is 0 Å². The van der Waals surface area contributed by atoms with Crippen LogP contribution in [-0.4, -0.2) is 30.5 Å². The Hall–Kier alpha value is -2.45. The van der Waals surface area contributed by atoms with Crippen molar-refractivity contribution in [1.82, 2.24) is 16.0 Å². The number of ether oxygens (including phenoxy) is 1. The Morgan fingerprint density at radius 2 is 2.26 bits per heavy atom. The van der Waals surface area contributed by atoms with Crippen LogP contribution in [0.1, 0.15) is 24.2 Å². The molecule has 144 valence electrons. The van der Waals surface area contributed by atoms with E-state index in [1.54, 1.807) is 37.3 Å². The molecule has 0 aliphatic carbocycles. The number of methoxy groups -OCH3 is 1. The molecule has 2 heterocycles. The highest BCUT2D eigenvalue weighted by Crippen LogP contribution is 2.21. The zero-order valence-corrected chi connectivity index (χ0v) is 15.9. The van der Waals surface area contributed by atoms with Gasteiger partial charge in [0.2, 0.25) is 11.8 Å². The zero-order chi connectivity index (χ0) is 19.1. The molecule has 3 N–H and O–H groups in total. The van der Waals surface area contributed by atoms with Crippen LogP contribution in [0.15, 0.2) is 47.1 Å². The summed E-state index contributed by atoms with van der Waals surface area (Å²) < 4.78 is 10.4. The maximum absolute atomic E-state index is 12.1. The predicted molar refractivity (Wildman–Crippen MR) is 103 cm³/mol. The van der Waals surface area contributed by atoms with Crippen LogP contribution in [0, 0.1) is 0 Å². The molecular weight excluding hydrogens is 366 g/mol. The van der Waals surface area contributed by atoms with Gasteiger partial charge in [-0.25, -0.2) is 0 Å². The molecule has 2 atom stereocenters. The Balaban J connectivity index is 1.46. The zero-order valence-electron chi connectivity index (χ0n) is 15.1. The van der Waals surface area contributed by atoms with Gasteiger partial charge in [0.15, 0.2) is 0 Å². The first-order valence-electron chi connectivity index (χ1n) is 8.71. The van der Waals surface area contributed by atoms with Crippen molar-refractivity contribution in [2.24, 2.45) is 0 Å². The molecule has 3 rings (SSSR count). The second kappa shape index (κ2) is 9.48. The minimum Gasteiger partial charge on any atom is -0.497 e. The number of nitrogens with one attached hydrogen (secondary N) is 3. The summed E-state index contributed by atoms with van der Waals surface area (Å²) in [6.45, 7) is 0.346. The van der Waals surface area contributed by atoms with Gasteiger partial charge in [-0.15, -0.1) is 11.8 Å². The van der Waals surface area contributed by atoms with Crippen LogP contribution < -0.4 is 20.7 Å². The number of hydrogen-bond acceptors (Lipinski definition) is 6. The molecule has 0 saturated carbocycles. The summed E-state index contributed by atoms with van der Waals surface area (Å²) in [7, 11) is 1.64. The van der Waals surface area contributed by atoms with Gasteiger partial charge in [0.05, 0.1) is 19.9 Å². The molecule has 7 nitrogen and oxygen atoms in total. The van der Waals surface area contributed by atoms with E-state index in [2.05, 4.69) is 16.0 Å². The topological polar surface area (TPSA) is 92.6 Å². The van der Waals surface area contributed by atoms with E-state index < -0.39 is 0 Å². The van der Waals surface area contributed by atoms with Crippen LogP contribution in [0.4, 0.5) is 0 Å². The minimum atomic E-state index is -0.236. The van der Waals surface area contributed by atoms with Gasteiger partial charge >= 0.3 is 0 Å². The number of thioether (sulfide) groups is 1. The van der Waals surface area contributed by atoms with Crippen molar-refractivity contribution < 1.29 is 18.7 Å². The van der Waals surface area contributed by atoms with Crippen LogP contribution in [0.3, 0.4) is 0 Å². The number of furan rings is 1. The third-order valence-corrected chi connectivity index (χ3v) is 5.22. The fourth-order valence-electron chi connectivity index (χ4n) is 2.80. The van der Waals surface area contributed by atoms with Crippen molar-refractivity contribution in [3.63, 3.8) is 0 Å². The Morgan fingerprint density at radius 1 is 1.37 bits per heavy atom. The summed E-state index contributed by atoms with van der Waals surface area (Å²) in [6.07, 6.45) is 2.09. The second-order valence-corrected chi connectivity index (χ2v) is 7.33. The van der Waals surface area contributed by atoms with E-state index in [9.17, 15) is 9.59 Å². The van der Waals surface area contributed by atoms with Gasteiger partial charge in [-0.2, -0.15) is 0 Å². The smallest absolute Gasteiger partial charge is 0.223 e. The van der Waals surface area contributed by atoms with Crippen molar-refractivity contribution >= 4 is 23.6 Å². The first-order valence-corrected chi connectivity index (χ1v) is 9.76. The van der Waals surface area contributed by atoms with Gasteiger partial charge in [0, 0.05) is 24.6 Å². The van der Waals surface area contributed by atoms with E-state index in [0.29, 0.717) is 18.1 Å². The van der Waals surface area contributed by atoms with E-state index in [4.69, 9.17) is 9.15 Å². The number of carbonyl (C=O) groups is 2. The van der Waals surface area contributed by atoms with Gasteiger partial charge in [-0.05, 0) is 29.8 Å². The highest BCUT2D eigenvalue weighted by Gasteiger charge is 2.27. The summed E-state index contributed by atoms with van der Waals surface area (Å²) in [4.78, 5) is 24.1. The SMILES string of the molecule is COc1cccc(CSC2NC(=O)CC(CC(=O)NCc3ccco3)N2)c1. The lowest BCUT2D eigenvalue weighted by Crippen LogP contribution is -2.55. The maximum atomic E-state index is 12.1. The summed E-state index contributed by atoms with van der Waals surface area (Å²) >= 11 is 1.57. The number of carbonyl (C=O) groups excluding carboxylic acids is 2. The third-order valence-electron chi connectivity index (χ3n) is 4.13. The van der Waals surface area contributed by atoms with Crippen molar-refractivity contribution in [1.29, 1.82) is 0 Å². The lowest BCUT2D eigenvalue weighted by Gasteiger charge is -2.31. The molecule has 8 heteroatoms. The molecular formula is C19H23N3O4S. The monoisotopic (exact) mass is 389 g/mol. The average molecular weight is 389 g/mol. The molecule has 2 amide bonds. The Morgan fingerprint density at radius 3 is 3.04 bits per heavy atom. The summed E-state index contributed by atoms with van der Waals surface area (Å²) in [5, 5.41) is 9.04. The highest BCUT2D eigenvalue weighted by atomic mass is 32.2. The molecule has 1 aliphatic rings. The fourth-order valence-corrected chi connectivity index (χ4v) is 3.84. The summed E-state index contributed by atoms with van der Waals surface area (Å²) in [6, 6.07) is 11.2. The van der Waals surface area contributed by atoms with Gasteiger partial charge in [0.1, 0.15) is 17.0 Å². The molecule has 1 saturated heterocycles. The second-order valence-electron chi connectivity index (χ2n) is 6.24. The standard InChI is InChI=1S/C19H23N3O4S/c1-25-15-5-2-4-13(8-15)12-27-19-21-14(10-18(24)22-19)9-17(23)20-11-16-6-3-7-26-16/h2-8,14,19,21H,9-12H2,1H3,(H,20,23)(H,22,24). The van der Waals surface area contributed by atoms with Crippen molar-refractivity contribution in [3.8, 4) is 5.75 Å². The number of amides is 2. The molecule has 1 aromatic carbocycles.